The number of nitrogens with zero attached hydrogens (tertiary/aromatic N) is 3. The second-order valence-corrected chi connectivity index (χ2v) is 5.39. The zero-order valence-corrected chi connectivity index (χ0v) is 10.9. The lowest BCUT2D eigenvalue weighted by Crippen LogP contribution is -2.29. The maximum atomic E-state index is 12.1. The second-order valence-electron chi connectivity index (χ2n) is 3.34. The monoisotopic (exact) mass is 268 g/mol. The molecule has 5 nitrogen and oxygen atoms in total. The molecule has 2 aromatic rings. The third-order valence-corrected chi connectivity index (χ3v) is 3.82. The van der Waals surface area contributed by atoms with Crippen molar-refractivity contribution in [1.82, 2.24) is 15.1 Å². The topological polar surface area (TPSA) is 72.1 Å². The maximum Gasteiger partial charge on any atom is 0.285 e. The lowest BCUT2D eigenvalue weighted by molar-refractivity contribution is 0.0753. The van der Waals surface area contributed by atoms with Crippen LogP contribution in [0.3, 0.4) is 0 Å². The molecule has 90 valence electrons. The van der Waals surface area contributed by atoms with Gasteiger partial charge in [-0.05, 0) is 18.4 Å². The van der Waals surface area contributed by atoms with E-state index in [1.807, 2.05) is 24.4 Å². The first-order valence-electron chi connectivity index (χ1n) is 5.11. The van der Waals surface area contributed by atoms with Crippen LogP contribution in [0.1, 0.15) is 21.6 Å². The van der Waals surface area contributed by atoms with Gasteiger partial charge in [0.25, 0.3) is 5.91 Å². The van der Waals surface area contributed by atoms with Crippen molar-refractivity contribution in [3.8, 4) is 0 Å². The molecular formula is C10H12N4OS2. The lowest BCUT2D eigenvalue weighted by Gasteiger charge is -2.18. The lowest BCUT2D eigenvalue weighted by atomic mass is 10.4. The first-order valence-corrected chi connectivity index (χ1v) is 6.81. The minimum atomic E-state index is -0.116. The zero-order chi connectivity index (χ0) is 12.3. The largest absolute Gasteiger partial charge is 0.374 e. The van der Waals surface area contributed by atoms with Crippen molar-refractivity contribution in [2.45, 2.75) is 13.5 Å². The summed E-state index contributed by atoms with van der Waals surface area (Å²) in [5.41, 5.74) is 5.47. The number of aromatic nitrogens is 2. The SMILES string of the molecule is CCN(Cc1cccs1)C(=O)c1nnc(N)s1. The molecule has 0 saturated heterocycles. The summed E-state index contributed by atoms with van der Waals surface area (Å²) in [5, 5.41) is 10.1. The smallest absolute Gasteiger partial charge is 0.285 e. The Bertz CT molecular complexity index is 494. The fraction of sp³-hybridized carbons (Fsp3) is 0.300. The van der Waals surface area contributed by atoms with Gasteiger partial charge in [-0.1, -0.05) is 17.4 Å². The van der Waals surface area contributed by atoms with E-state index in [1.165, 1.54) is 0 Å². The van der Waals surface area contributed by atoms with Gasteiger partial charge in [-0.25, -0.2) is 0 Å². The number of nitrogen functional groups attached to an aromatic ring is 1. The average molecular weight is 268 g/mol. The highest BCUT2D eigenvalue weighted by Gasteiger charge is 2.18. The van der Waals surface area contributed by atoms with Gasteiger partial charge in [-0.3, -0.25) is 4.79 Å². The van der Waals surface area contributed by atoms with E-state index in [4.69, 9.17) is 5.73 Å². The van der Waals surface area contributed by atoms with Crippen molar-refractivity contribution in [3.63, 3.8) is 0 Å². The molecule has 0 bridgehead atoms. The zero-order valence-electron chi connectivity index (χ0n) is 9.29. The van der Waals surface area contributed by atoms with E-state index in [2.05, 4.69) is 10.2 Å². The quantitative estimate of drug-likeness (QED) is 0.918. The molecule has 2 rings (SSSR count). The number of carbonyl (C=O) groups excluding carboxylic acids is 1. The number of hydrogen-bond acceptors (Lipinski definition) is 6. The van der Waals surface area contributed by atoms with E-state index in [0.717, 1.165) is 16.2 Å². The number of thiophene rings is 1. The normalized spacial score (nSPS) is 10.4. The number of hydrogen-bond donors (Lipinski definition) is 1. The molecular weight excluding hydrogens is 256 g/mol. The van der Waals surface area contributed by atoms with Crippen LogP contribution in [0.2, 0.25) is 0 Å². The third-order valence-electron chi connectivity index (χ3n) is 2.22. The molecule has 1 amide bonds. The van der Waals surface area contributed by atoms with Crippen LogP contribution >= 0.6 is 22.7 Å². The van der Waals surface area contributed by atoms with Gasteiger partial charge in [0.05, 0.1) is 6.54 Å². The van der Waals surface area contributed by atoms with E-state index in [-0.39, 0.29) is 5.91 Å². The summed E-state index contributed by atoms with van der Waals surface area (Å²) in [5.74, 6) is -0.116. The Balaban J connectivity index is 2.10. The minimum Gasteiger partial charge on any atom is -0.374 e. The van der Waals surface area contributed by atoms with Gasteiger partial charge in [-0.15, -0.1) is 21.5 Å². The highest BCUT2D eigenvalue weighted by atomic mass is 32.1. The van der Waals surface area contributed by atoms with E-state index in [1.54, 1.807) is 16.2 Å². The Morgan fingerprint density at radius 1 is 1.53 bits per heavy atom. The summed E-state index contributed by atoms with van der Waals surface area (Å²) < 4.78 is 0. The van der Waals surface area contributed by atoms with E-state index in [9.17, 15) is 4.79 Å². The van der Waals surface area contributed by atoms with Crippen molar-refractivity contribution in [2.24, 2.45) is 0 Å². The molecule has 0 radical (unpaired) electrons. The van der Waals surface area contributed by atoms with Crippen molar-refractivity contribution in [1.29, 1.82) is 0 Å². The number of amides is 1. The van der Waals surface area contributed by atoms with E-state index in [0.29, 0.717) is 23.2 Å². The second kappa shape index (κ2) is 5.24. The fourth-order valence-corrected chi connectivity index (χ4v) is 2.67. The molecule has 0 aliphatic carbocycles. The number of rotatable bonds is 4. The van der Waals surface area contributed by atoms with Gasteiger partial charge < -0.3 is 10.6 Å². The molecule has 2 N–H and O–H groups in total. The molecule has 0 saturated carbocycles. The molecule has 17 heavy (non-hydrogen) atoms. The van der Waals surface area contributed by atoms with Crippen molar-refractivity contribution >= 4 is 33.7 Å². The van der Waals surface area contributed by atoms with Crippen LogP contribution in [0.15, 0.2) is 17.5 Å². The summed E-state index contributed by atoms with van der Waals surface area (Å²) in [7, 11) is 0. The fourth-order valence-electron chi connectivity index (χ4n) is 1.37. The molecule has 0 atom stereocenters. The minimum absolute atomic E-state index is 0.116. The molecule has 0 aliphatic heterocycles. The molecule has 2 aromatic heterocycles. The van der Waals surface area contributed by atoms with Crippen LogP contribution in [0, 0.1) is 0 Å². The number of carbonyl (C=O) groups is 1. The molecule has 0 aromatic carbocycles. The Labute approximate surface area is 107 Å². The van der Waals surface area contributed by atoms with Gasteiger partial charge in [0.15, 0.2) is 0 Å². The van der Waals surface area contributed by atoms with Gasteiger partial charge >= 0.3 is 0 Å². The molecule has 0 unspecified atom stereocenters. The Hall–Kier alpha value is -1.47. The standard InChI is InChI=1S/C10H12N4OS2/c1-2-14(6-7-4-3-5-16-7)9(15)8-12-13-10(11)17-8/h3-5H,2,6H2,1H3,(H2,11,13). The summed E-state index contributed by atoms with van der Waals surface area (Å²) in [6.45, 7) is 3.18. The van der Waals surface area contributed by atoms with Gasteiger partial charge in [0.1, 0.15) is 0 Å². The average Bonchev–Trinajstić information content (AvgIpc) is 2.96. The molecule has 2 heterocycles. The molecule has 0 fully saturated rings. The summed E-state index contributed by atoms with van der Waals surface area (Å²) in [4.78, 5) is 15.0. The highest BCUT2D eigenvalue weighted by Crippen LogP contribution is 2.17. The Morgan fingerprint density at radius 2 is 2.35 bits per heavy atom. The van der Waals surface area contributed by atoms with Crippen LogP contribution in [0.25, 0.3) is 0 Å². The number of anilines is 1. The number of nitrogens with two attached hydrogens (primary N) is 1. The molecule has 0 spiro atoms. The Kier molecular flexibility index (Phi) is 3.70. The first kappa shape index (κ1) is 12.0. The predicted octanol–water partition coefficient (Wildman–Crippen LogP) is 1.84. The van der Waals surface area contributed by atoms with Crippen LogP contribution in [0.5, 0.6) is 0 Å². The first-order chi connectivity index (χ1) is 8.20. The molecule has 7 heteroatoms. The summed E-state index contributed by atoms with van der Waals surface area (Å²) >= 11 is 2.75. The molecule has 0 aliphatic rings. The highest BCUT2D eigenvalue weighted by molar-refractivity contribution is 7.16. The van der Waals surface area contributed by atoms with Crippen molar-refractivity contribution in [3.05, 3.63) is 27.4 Å². The van der Waals surface area contributed by atoms with Crippen LogP contribution in [-0.4, -0.2) is 27.5 Å². The van der Waals surface area contributed by atoms with Crippen molar-refractivity contribution < 1.29 is 4.79 Å². The summed E-state index contributed by atoms with van der Waals surface area (Å²) in [6.07, 6.45) is 0. The van der Waals surface area contributed by atoms with Crippen molar-refractivity contribution in [2.75, 3.05) is 12.3 Å². The van der Waals surface area contributed by atoms with Gasteiger partial charge in [0, 0.05) is 11.4 Å². The predicted molar refractivity (Wildman–Crippen MR) is 69.1 cm³/mol. The van der Waals surface area contributed by atoms with Crippen LogP contribution in [-0.2, 0) is 6.54 Å². The maximum absolute atomic E-state index is 12.1. The van der Waals surface area contributed by atoms with Gasteiger partial charge in [-0.2, -0.15) is 0 Å². The van der Waals surface area contributed by atoms with Crippen LogP contribution in [0.4, 0.5) is 5.13 Å². The third kappa shape index (κ3) is 2.80. The van der Waals surface area contributed by atoms with E-state index < -0.39 is 0 Å². The van der Waals surface area contributed by atoms with Gasteiger partial charge in [0.2, 0.25) is 10.1 Å². The summed E-state index contributed by atoms with van der Waals surface area (Å²) in [6, 6.07) is 3.98. The van der Waals surface area contributed by atoms with Crippen LogP contribution < -0.4 is 5.73 Å². The van der Waals surface area contributed by atoms with E-state index >= 15 is 0 Å². The Morgan fingerprint density at radius 3 is 2.88 bits per heavy atom.